The summed E-state index contributed by atoms with van der Waals surface area (Å²) < 4.78 is 28.9. The second kappa shape index (κ2) is 17.8. The third kappa shape index (κ3) is 13.8. The van der Waals surface area contributed by atoms with Crippen LogP contribution in [-0.2, 0) is 14.3 Å². The molecule has 0 fully saturated rings. The van der Waals surface area contributed by atoms with Gasteiger partial charge in [0.2, 0.25) is 0 Å². The molecule has 1 rings (SSSR count). The molecule has 0 N–H and O–H groups in total. The zero-order chi connectivity index (χ0) is 18.2. The van der Waals surface area contributed by atoms with Gasteiger partial charge in [0.25, 0.3) is 10.1 Å². The number of rotatable bonds is 16. The van der Waals surface area contributed by atoms with Crippen LogP contribution in [0.25, 0.3) is 0 Å². The Morgan fingerprint density at radius 3 is 1.58 bits per heavy atom. The zero-order valence-corrected chi connectivity index (χ0v) is 16.7. The Kier molecular flexibility index (Phi) is 18.3. The van der Waals surface area contributed by atoms with Crippen molar-refractivity contribution in [2.75, 3.05) is 6.61 Å². The average Bonchev–Trinajstić information content (AvgIpc) is 2.63. The Bertz CT molecular complexity index is 517. The summed E-state index contributed by atoms with van der Waals surface area (Å²) in [6, 6.07) is 8.35. The van der Waals surface area contributed by atoms with Crippen molar-refractivity contribution >= 4 is 59.0 Å². The van der Waals surface area contributed by atoms with Gasteiger partial charge in [-0.1, -0.05) is 102 Å². The molecule has 0 aromatic heterocycles. The molecule has 1 aromatic carbocycles. The second-order valence-corrected chi connectivity index (χ2v) is 8.45. The normalized spacial score (nSPS) is 11.3. The van der Waals surface area contributed by atoms with Crippen molar-refractivity contribution in [3.8, 4) is 0 Å². The zero-order valence-electron chi connectivity index (χ0n) is 15.9. The molecule has 0 unspecified atom stereocenters. The Morgan fingerprint density at radius 1 is 0.692 bits per heavy atom. The van der Waals surface area contributed by atoms with Crippen LogP contribution in [0, 0.1) is 0 Å². The molecule has 0 saturated carbocycles. The standard InChI is InChI=1S/C21H36O3S.Ba.2H/c1-2-3-4-5-6-7-8-9-10-11-12-13-17-20-24-25(22,23)21-18-15-14-16-19-21;;;/h14-16,18-19H,2-13,17,20H2,1H3;;;. The molecule has 5 heteroatoms. The molecule has 0 heterocycles. The molecular weight excluding hydrogens is 470 g/mol. The molecule has 0 saturated heterocycles. The predicted molar refractivity (Wildman–Crippen MR) is 114 cm³/mol. The third-order valence-electron chi connectivity index (χ3n) is 4.52. The van der Waals surface area contributed by atoms with Crippen molar-refractivity contribution in [3.05, 3.63) is 30.3 Å². The minimum atomic E-state index is -3.58. The van der Waals surface area contributed by atoms with Gasteiger partial charge in [-0.25, -0.2) is 0 Å². The third-order valence-corrected chi connectivity index (χ3v) is 5.84. The molecular formula is C21H38BaO3S. The summed E-state index contributed by atoms with van der Waals surface area (Å²) in [5, 5.41) is 0. The van der Waals surface area contributed by atoms with Crippen LogP contribution < -0.4 is 0 Å². The van der Waals surface area contributed by atoms with Crippen molar-refractivity contribution in [2.45, 2.75) is 95.3 Å². The summed E-state index contributed by atoms with van der Waals surface area (Å²) in [6.07, 6.45) is 16.6. The van der Waals surface area contributed by atoms with Gasteiger partial charge in [-0.2, -0.15) is 8.42 Å². The van der Waals surface area contributed by atoms with E-state index in [-0.39, 0.29) is 60.4 Å². The molecule has 0 aliphatic heterocycles. The van der Waals surface area contributed by atoms with Gasteiger partial charge in [0.05, 0.1) is 11.5 Å². The Hall–Kier alpha value is 0.701. The van der Waals surface area contributed by atoms with Crippen molar-refractivity contribution in [1.29, 1.82) is 0 Å². The maximum absolute atomic E-state index is 11.9. The van der Waals surface area contributed by atoms with Crippen LogP contribution in [0.5, 0.6) is 0 Å². The van der Waals surface area contributed by atoms with Crippen LogP contribution in [0.2, 0.25) is 0 Å². The van der Waals surface area contributed by atoms with Crippen LogP contribution in [0.15, 0.2) is 35.2 Å². The summed E-state index contributed by atoms with van der Waals surface area (Å²) in [5.74, 6) is 0. The Balaban J connectivity index is 0.00000625. The number of hydrogen-bond donors (Lipinski definition) is 0. The van der Waals surface area contributed by atoms with Crippen molar-refractivity contribution in [3.63, 3.8) is 0 Å². The molecule has 0 bridgehead atoms. The van der Waals surface area contributed by atoms with E-state index in [4.69, 9.17) is 4.18 Å². The van der Waals surface area contributed by atoms with E-state index in [2.05, 4.69) is 6.92 Å². The molecule has 3 nitrogen and oxygen atoms in total. The molecule has 148 valence electrons. The van der Waals surface area contributed by atoms with Crippen molar-refractivity contribution < 1.29 is 12.6 Å². The SMILES string of the molecule is CCCCCCCCCCCCCCCOS(=O)(=O)c1ccccc1.[BaH2]. The molecule has 0 amide bonds. The average molecular weight is 508 g/mol. The van der Waals surface area contributed by atoms with Gasteiger partial charge in [0.15, 0.2) is 0 Å². The fourth-order valence-electron chi connectivity index (χ4n) is 2.94. The first-order valence-corrected chi connectivity index (χ1v) is 11.5. The number of hydrogen-bond acceptors (Lipinski definition) is 3. The van der Waals surface area contributed by atoms with E-state index in [1.165, 1.54) is 70.6 Å². The number of benzene rings is 1. The Morgan fingerprint density at radius 2 is 1.12 bits per heavy atom. The molecule has 0 atom stereocenters. The van der Waals surface area contributed by atoms with E-state index in [0.717, 1.165) is 12.8 Å². The summed E-state index contributed by atoms with van der Waals surface area (Å²) in [4.78, 5) is 0.240. The van der Waals surface area contributed by atoms with E-state index < -0.39 is 10.1 Å². The fourth-order valence-corrected chi connectivity index (χ4v) is 3.91. The van der Waals surface area contributed by atoms with Gasteiger partial charge in [0, 0.05) is 0 Å². The van der Waals surface area contributed by atoms with Gasteiger partial charge in [-0.3, -0.25) is 4.18 Å². The van der Waals surface area contributed by atoms with Crippen LogP contribution in [0.3, 0.4) is 0 Å². The monoisotopic (exact) mass is 508 g/mol. The minimum absolute atomic E-state index is 0. The molecule has 0 aliphatic rings. The quantitative estimate of drug-likeness (QED) is 0.167. The van der Waals surface area contributed by atoms with E-state index in [0.29, 0.717) is 0 Å². The molecule has 26 heavy (non-hydrogen) atoms. The van der Waals surface area contributed by atoms with Gasteiger partial charge >= 0.3 is 48.9 Å². The van der Waals surface area contributed by atoms with Crippen LogP contribution in [0.1, 0.15) is 90.4 Å². The first-order chi connectivity index (χ1) is 12.2. The van der Waals surface area contributed by atoms with Crippen LogP contribution in [0.4, 0.5) is 0 Å². The topological polar surface area (TPSA) is 43.4 Å². The predicted octanol–water partition coefficient (Wildman–Crippen LogP) is 5.57. The van der Waals surface area contributed by atoms with E-state index in [9.17, 15) is 8.42 Å². The van der Waals surface area contributed by atoms with Crippen molar-refractivity contribution in [2.24, 2.45) is 0 Å². The van der Waals surface area contributed by atoms with Gasteiger partial charge in [-0.15, -0.1) is 0 Å². The second-order valence-electron chi connectivity index (χ2n) is 6.83. The summed E-state index contributed by atoms with van der Waals surface area (Å²) >= 11 is 0. The summed E-state index contributed by atoms with van der Waals surface area (Å²) in [7, 11) is -3.58. The first kappa shape index (κ1) is 26.7. The van der Waals surface area contributed by atoms with Gasteiger partial charge in [0.1, 0.15) is 0 Å². The number of unbranched alkanes of at least 4 members (excludes halogenated alkanes) is 12. The van der Waals surface area contributed by atoms with Gasteiger partial charge < -0.3 is 0 Å². The van der Waals surface area contributed by atoms with Crippen LogP contribution >= 0.6 is 0 Å². The van der Waals surface area contributed by atoms with E-state index in [1.54, 1.807) is 30.3 Å². The van der Waals surface area contributed by atoms with E-state index in [1.807, 2.05) is 0 Å². The van der Waals surface area contributed by atoms with Crippen LogP contribution in [-0.4, -0.2) is 63.9 Å². The molecule has 1 aromatic rings. The Labute approximate surface area is 201 Å². The summed E-state index contributed by atoms with van der Waals surface area (Å²) in [5.41, 5.74) is 0. The van der Waals surface area contributed by atoms with Gasteiger partial charge in [-0.05, 0) is 18.6 Å². The van der Waals surface area contributed by atoms with E-state index >= 15 is 0 Å². The fraction of sp³-hybridized carbons (Fsp3) is 0.714. The molecule has 0 radical (unpaired) electrons. The summed E-state index contributed by atoms with van der Waals surface area (Å²) in [6.45, 7) is 2.54. The van der Waals surface area contributed by atoms with Crippen molar-refractivity contribution in [1.82, 2.24) is 0 Å². The molecule has 0 aliphatic carbocycles. The molecule has 0 spiro atoms. The maximum atomic E-state index is 11.9. The first-order valence-electron chi connectivity index (χ1n) is 10.1.